The molecule has 7 nitrogen and oxygen atoms in total. The van der Waals surface area contributed by atoms with Crippen molar-refractivity contribution >= 4 is 17.7 Å². The maximum Gasteiger partial charge on any atom is 0.230 e. The second-order valence-corrected chi connectivity index (χ2v) is 5.61. The quantitative estimate of drug-likeness (QED) is 0.552. The number of amides is 1. The molecule has 0 spiro atoms. The van der Waals surface area contributed by atoms with E-state index in [-0.39, 0.29) is 11.7 Å². The predicted molar refractivity (Wildman–Crippen MR) is 88.1 cm³/mol. The van der Waals surface area contributed by atoms with Crippen LogP contribution in [0.5, 0.6) is 5.75 Å². The molecule has 0 fully saturated rings. The zero-order valence-corrected chi connectivity index (χ0v) is 14.0. The minimum atomic E-state index is -0.0358. The number of hydrogen-bond donors (Lipinski definition) is 1. The topological polar surface area (TPSA) is 78.3 Å². The first-order chi connectivity index (χ1) is 11.2. The third-order valence-electron chi connectivity index (χ3n) is 3.03. The summed E-state index contributed by atoms with van der Waals surface area (Å²) in [4.78, 5) is 11.8. The Morgan fingerprint density at radius 2 is 2.26 bits per heavy atom. The van der Waals surface area contributed by atoms with E-state index in [0.717, 1.165) is 17.9 Å². The average Bonchev–Trinajstić information content (AvgIpc) is 3.05. The highest BCUT2D eigenvalue weighted by molar-refractivity contribution is 7.99. The second kappa shape index (κ2) is 9.16. The lowest BCUT2D eigenvalue weighted by atomic mass is 10.3. The highest BCUT2D eigenvalue weighted by atomic mass is 32.2. The Labute approximate surface area is 139 Å². The Hall–Kier alpha value is -2.06. The highest BCUT2D eigenvalue weighted by Crippen LogP contribution is 2.22. The molecular weight excluding hydrogens is 316 g/mol. The molecule has 0 saturated heterocycles. The van der Waals surface area contributed by atoms with E-state index in [1.165, 1.54) is 11.8 Å². The molecule has 0 atom stereocenters. The third-order valence-corrected chi connectivity index (χ3v) is 3.97. The van der Waals surface area contributed by atoms with Crippen molar-refractivity contribution in [2.24, 2.45) is 0 Å². The van der Waals surface area contributed by atoms with Crippen LogP contribution >= 0.6 is 11.8 Å². The summed E-state index contributed by atoms with van der Waals surface area (Å²) in [6.07, 6.45) is 2.42. The lowest BCUT2D eigenvalue weighted by Crippen LogP contribution is -2.26. The number of carbonyl (C=O) groups excluding carboxylic acids is 1. The zero-order chi connectivity index (χ0) is 16.5. The summed E-state index contributed by atoms with van der Waals surface area (Å²) in [5.74, 6) is 1.00. The van der Waals surface area contributed by atoms with Gasteiger partial charge in [0.2, 0.25) is 5.91 Å². The standard InChI is InChI=1S/C15H20N4O3S/c1-21-8-4-7-16-14(20)10-23-15-18-17-11-19(15)12-5-3-6-13(9-12)22-2/h3,5-6,9,11H,4,7-8,10H2,1-2H3,(H,16,20). The fraction of sp³-hybridized carbons (Fsp3) is 0.400. The molecule has 0 radical (unpaired) electrons. The Balaban J connectivity index is 1.92. The second-order valence-electron chi connectivity index (χ2n) is 4.67. The Morgan fingerprint density at radius 1 is 1.39 bits per heavy atom. The van der Waals surface area contributed by atoms with E-state index >= 15 is 0 Å². The number of thioether (sulfide) groups is 1. The predicted octanol–water partition coefficient (Wildman–Crippen LogP) is 1.52. The Bertz CT molecular complexity index is 633. The zero-order valence-electron chi connectivity index (χ0n) is 13.2. The molecule has 0 aliphatic carbocycles. The van der Waals surface area contributed by atoms with Crippen LogP contribution in [0.15, 0.2) is 35.7 Å². The molecule has 0 unspecified atom stereocenters. The number of nitrogens with zero attached hydrogens (tertiary/aromatic N) is 3. The molecule has 0 aliphatic heterocycles. The van der Waals surface area contributed by atoms with E-state index < -0.39 is 0 Å². The Kier molecular flexibility index (Phi) is 6.89. The molecule has 0 bridgehead atoms. The van der Waals surface area contributed by atoms with Gasteiger partial charge >= 0.3 is 0 Å². The number of carbonyl (C=O) groups is 1. The molecule has 0 saturated carbocycles. The van der Waals surface area contributed by atoms with Crippen molar-refractivity contribution in [2.75, 3.05) is 33.1 Å². The summed E-state index contributed by atoms with van der Waals surface area (Å²) >= 11 is 1.34. The van der Waals surface area contributed by atoms with Crippen molar-refractivity contribution in [3.63, 3.8) is 0 Å². The number of hydrogen-bond acceptors (Lipinski definition) is 6. The lowest BCUT2D eigenvalue weighted by molar-refractivity contribution is -0.118. The van der Waals surface area contributed by atoms with Crippen LogP contribution in [-0.2, 0) is 9.53 Å². The molecule has 124 valence electrons. The van der Waals surface area contributed by atoms with E-state index in [2.05, 4.69) is 15.5 Å². The van der Waals surface area contributed by atoms with E-state index in [1.54, 1.807) is 20.5 Å². The van der Waals surface area contributed by atoms with Crippen molar-refractivity contribution in [1.82, 2.24) is 20.1 Å². The van der Waals surface area contributed by atoms with Crippen LogP contribution < -0.4 is 10.1 Å². The molecule has 1 amide bonds. The van der Waals surface area contributed by atoms with E-state index in [1.807, 2.05) is 28.8 Å². The fourth-order valence-corrected chi connectivity index (χ4v) is 2.64. The fourth-order valence-electron chi connectivity index (χ4n) is 1.89. The van der Waals surface area contributed by atoms with Crippen molar-refractivity contribution in [3.05, 3.63) is 30.6 Å². The summed E-state index contributed by atoms with van der Waals surface area (Å²) in [7, 11) is 3.26. The van der Waals surface area contributed by atoms with Gasteiger partial charge in [-0.15, -0.1) is 10.2 Å². The number of nitrogens with one attached hydrogen (secondary N) is 1. The van der Waals surface area contributed by atoms with Gasteiger partial charge in [-0.2, -0.15) is 0 Å². The summed E-state index contributed by atoms with van der Waals surface area (Å²) in [5, 5.41) is 11.5. The molecular formula is C15H20N4O3S. The van der Waals surface area contributed by atoms with Crippen molar-refractivity contribution in [1.29, 1.82) is 0 Å². The molecule has 1 N–H and O–H groups in total. The van der Waals surface area contributed by atoms with Gasteiger partial charge in [-0.1, -0.05) is 17.8 Å². The van der Waals surface area contributed by atoms with E-state index in [4.69, 9.17) is 9.47 Å². The molecule has 8 heteroatoms. The maximum atomic E-state index is 11.8. The van der Waals surface area contributed by atoms with Crippen LogP contribution in [0.1, 0.15) is 6.42 Å². The van der Waals surface area contributed by atoms with Crippen molar-refractivity contribution < 1.29 is 14.3 Å². The first kappa shape index (κ1) is 17.3. The van der Waals surface area contributed by atoms with Gasteiger partial charge in [0.25, 0.3) is 0 Å². The molecule has 0 aliphatic rings. The van der Waals surface area contributed by atoms with Gasteiger partial charge in [-0.25, -0.2) is 0 Å². The summed E-state index contributed by atoms with van der Waals surface area (Å²) in [6, 6.07) is 7.58. The van der Waals surface area contributed by atoms with Gasteiger partial charge in [0.15, 0.2) is 5.16 Å². The third kappa shape index (κ3) is 5.26. The van der Waals surface area contributed by atoms with Gasteiger partial charge in [0.1, 0.15) is 12.1 Å². The Morgan fingerprint density at radius 3 is 3.04 bits per heavy atom. The summed E-state index contributed by atoms with van der Waals surface area (Å²) in [5.41, 5.74) is 0.886. The largest absolute Gasteiger partial charge is 0.497 e. The van der Waals surface area contributed by atoms with Gasteiger partial charge in [0.05, 0.1) is 18.6 Å². The van der Waals surface area contributed by atoms with Gasteiger partial charge in [-0.05, 0) is 18.6 Å². The molecule has 1 aromatic carbocycles. The smallest absolute Gasteiger partial charge is 0.230 e. The van der Waals surface area contributed by atoms with Crippen LogP contribution in [-0.4, -0.2) is 53.8 Å². The molecule has 2 aromatic rings. The van der Waals surface area contributed by atoms with E-state index in [9.17, 15) is 4.79 Å². The number of ether oxygens (including phenoxy) is 2. The molecule has 1 aromatic heterocycles. The van der Waals surface area contributed by atoms with Crippen molar-refractivity contribution in [3.8, 4) is 11.4 Å². The van der Waals surface area contributed by atoms with Gasteiger partial charge < -0.3 is 14.8 Å². The van der Waals surface area contributed by atoms with Crippen LogP contribution in [0.4, 0.5) is 0 Å². The molecule has 23 heavy (non-hydrogen) atoms. The minimum absolute atomic E-state index is 0.0358. The lowest BCUT2D eigenvalue weighted by Gasteiger charge is -2.08. The van der Waals surface area contributed by atoms with Gasteiger partial charge in [0, 0.05) is 26.3 Å². The number of rotatable bonds is 9. The van der Waals surface area contributed by atoms with Crippen LogP contribution in [0.2, 0.25) is 0 Å². The van der Waals surface area contributed by atoms with Gasteiger partial charge in [-0.3, -0.25) is 9.36 Å². The summed E-state index contributed by atoms with van der Waals surface area (Å²) < 4.78 is 12.0. The number of methoxy groups -OCH3 is 2. The first-order valence-corrected chi connectivity index (χ1v) is 8.16. The SMILES string of the molecule is COCCCNC(=O)CSc1nncn1-c1cccc(OC)c1. The highest BCUT2D eigenvalue weighted by Gasteiger charge is 2.10. The number of benzene rings is 1. The molecule has 2 rings (SSSR count). The van der Waals surface area contributed by atoms with Crippen molar-refractivity contribution in [2.45, 2.75) is 11.6 Å². The average molecular weight is 336 g/mol. The van der Waals surface area contributed by atoms with Crippen LogP contribution in [0.25, 0.3) is 5.69 Å². The normalized spacial score (nSPS) is 10.5. The monoisotopic (exact) mass is 336 g/mol. The van der Waals surface area contributed by atoms with Crippen LogP contribution in [0.3, 0.4) is 0 Å². The molecule has 1 heterocycles. The number of aromatic nitrogens is 3. The van der Waals surface area contributed by atoms with E-state index in [0.29, 0.717) is 18.3 Å². The minimum Gasteiger partial charge on any atom is -0.497 e. The summed E-state index contributed by atoms with van der Waals surface area (Å²) in [6.45, 7) is 1.24. The first-order valence-electron chi connectivity index (χ1n) is 7.17. The maximum absolute atomic E-state index is 11.8. The van der Waals surface area contributed by atoms with Crippen LogP contribution in [0, 0.1) is 0 Å².